The summed E-state index contributed by atoms with van der Waals surface area (Å²) in [6, 6.07) is 13.0. The number of hydrogen-bond donors (Lipinski definition) is 2. The van der Waals surface area contributed by atoms with Crippen LogP contribution in [0.15, 0.2) is 47.4 Å². The molecule has 1 fully saturated rings. The molecule has 2 aromatic rings. The average molecular weight is 276 g/mol. The van der Waals surface area contributed by atoms with Gasteiger partial charge < -0.3 is 5.32 Å². The summed E-state index contributed by atoms with van der Waals surface area (Å²) in [6.45, 7) is 1.57. The van der Waals surface area contributed by atoms with Gasteiger partial charge >= 0.3 is 0 Å². The van der Waals surface area contributed by atoms with Gasteiger partial charge in [-0.3, -0.25) is 0 Å². The minimum Gasteiger partial charge on any atom is -0.315 e. The van der Waals surface area contributed by atoms with Gasteiger partial charge in [-0.05, 0) is 35.9 Å². The Morgan fingerprint density at radius 3 is 2.63 bits per heavy atom. The van der Waals surface area contributed by atoms with E-state index in [1.807, 2.05) is 30.3 Å². The van der Waals surface area contributed by atoms with Crippen LogP contribution < -0.4 is 10.0 Å². The Labute approximate surface area is 112 Å². The maximum atomic E-state index is 12.3. The Balaban J connectivity index is 1.93. The first-order chi connectivity index (χ1) is 9.15. The summed E-state index contributed by atoms with van der Waals surface area (Å²) < 4.78 is 27.3. The lowest BCUT2D eigenvalue weighted by molar-refractivity contribution is 0.560. The molecule has 0 aromatic heterocycles. The first kappa shape index (κ1) is 12.6. The Morgan fingerprint density at radius 2 is 1.89 bits per heavy atom. The molecule has 5 heteroatoms. The van der Waals surface area contributed by atoms with E-state index in [0.29, 0.717) is 11.4 Å². The second-order valence-corrected chi connectivity index (χ2v) is 6.53. The molecule has 1 aliphatic rings. The van der Waals surface area contributed by atoms with E-state index in [1.165, 1.54) is 0 Å². The standard InChI is InChI=1S/C14H16N2O2S/c17-19(18,16-13-7-8-15-10-13)14-6-5-11-3-1-2-4-12(11)9-14/h1-6,9,13,15-16H,7-8,10H2/t13-/m0/s1. The smallest absolute Gasteiger partial charge is 0.240 e. The van der Waals surface area contributed by atoms with Crippen LogP contribution in [0.1, 0.15) is 6.42 Å². The molecule has 1 heterocycles. The van der Waals surface area contributed by atoms with E-state index in [4.69, 9.17) is 0 Å². The van der Waals surface area contributed by atoms with Crippen molar-refractivity contribution in [2.75, 3.05) is 13.1 Å². The van der Waals surface area contributed by atoms with Gasteiger partial charge in [-0.2, -0.15) is 0 Å². The minimum absolute atomic E-state index is 0.00327. The van der Waals surface area contributed by atoms with Gasteiger partial charge in [0.15, 0.2) is 0 Å². The molecule has 0 aliphatic carbocycles. The van der Waals surface area contributed by atoms with Gasteiger partial charge in [0.1, 0.15) is 0 Å². The number of hydrogen-bond acceptors (Lipinski definition) is 3. The molecule has 0 bridgehead atoms. The highest BCUT2D eigenvalue weighted by Gasteiger charge is 2.22. The fourth-order valence-corrected chi connectivity index (χ4v) is 3.68. The van der Waals surface area contributed by atoms with Gasteiger partial charge in [-0.15, -0.1) is 0 Å². The van der Waals surface area contributed by atoms with Crippen molar-refractivity contribution in [3.8, 4) is 0 Å². The van der Waals surface area contributed by atoms with Crippen molar-refractivity contribution in [3.63, 3.8) is 0 Å². The Bertz CT molecular complexity index is 691. The molecular formula is C14H16N2O2S. The van der Waals surface area contributed by atoms with Gasteiger partial charge in [0.05, 0.1) is 4.90 Å². The molecule has 1 atom stereocenters. The first-order valence-corrected chi connectivity index (χ1v) is 7.85. The van der Waals surface area contributed by atoms with Crippen molar-refractivity contribution < 1.29 is 8.42 Å². The maximum Gasteiger partial charge on any atom is 0.240 e. The van der Waals surface area contributed by atoms with Crippen LogP contribution in [-0.2, 0) is 10.0 Å². The van der Waals surface area contributed by atoms with E-state index in [0.717, 1.165) is 23.7 Å². The lowest BCUT2D eigenvalue weighted by Crippen LogP contribution is -2.36. The number of benzene rings is 2. The van der Waals surface area contributed by atoms with E-state index < -0.39 is 10.0 Å². The number of rotatable bonds is 3. The molecule has 0 radical (unpaired) electrons. The summed E-state index contributed by atoms with van der Waals surface area (Å²) in [5.74, 6) is 0. The Morgan fingerprint density at radius 1 is 1.11 bits per heavy atom. The molecule has 0 saturated carbocycles. The number of fused-ring (bicyclic) bond motifs is 1. The SMILES string of the molecule is O=S(=O)(N[C@H]1CCNC1)c1ccc2ccccc2c1. The summed E-state index contributed by atoms with van der Waals surface area (Å²) in [5, 5.41) is 5.13. The van der Waals surface area contributed by atoms with Crippen LogP contribution in [0.5, 0.6) is 0 Å². The van der Waals surface area contributed by atoms with Crippen LogP contribution in [0.4, 0.5) is 0 Å². The van der Waals surface area contributed by atoms with Crippen molar-refractivity contribution >= 4 is 20.8 Å². The van der Waals surface area contributed by atoms with Gasteiger partial charge in [0.25, 0.3) is 0 Å². The highest BCUT2D eigenvalue weighted by atomic mass is 32.2. The van der Waals surface area contributed by atoms with Crippen LogP contribution in [0, 0.1) is 0 Å². The number of sulfonamides is 1. The highest BCUT2D eigenvalue weighted by Crippen LogP contribution is 2.19. The van der Waals surface area contributed by atoms with E-state index in [1.54, 1.807) is 12.1 Å². The third-order valence-corrected chi connectivity index (χ3v) is 4.93. The zero-order chi connectivity index (χ0) is 13.3. The topological polar surface area (TPSA) is 58.2 Å². The van der Waals surface area contributed by atoms with Crippen LogP contribution in [0.25, 0.3) is 10.8 Å². The average Bonchev–Trinajstić information content (AvgIpc) is 2.90. The summed E-state index contributed by atoms with van der Waals surface area (Å²) in [7, 11) is -3.43. The summed E-state index contributed by atoms with van der Waals surface area (Å²) in [4.78, 5) is 0.332. The zero-order valence-corrected chi connectivity index (χ0v) is 11.3. The van der Waals surface area contributed by atoms with Gasteiger partial charge in [-0.1, -0.05) is 30.3 Å². The molecular weight excluding hydrogens is 260 g/mol. The Hall–Kier alpha value is -1.43. The van der Waals surface area contributed by atoms with E-state index in [9.17, 15) is 8.42 Å². The van der Waals surface area contributed by atoms with E-state index in [2.05, 4.69) is 10.0 Å². The molecule has 0 unspecified atom stereocenters. The molecule has 3 rings (SSSR count). The van der Waals surface area contributed by atoms with Crippen LogP contribution >= 0.6 is 0 Å². The molecule has 1 saturated heterocycles. The predicted molar refractivity (Wildman–Crippen MR) is 75.5 cm³/mol. The highest BCUT2D eigenvalue weighted by molar-refractivity contribution is 7.89. The minimum atomic E-state index is -3.43. The summed E-state index contributed by atoms with van der Waals surface area (Å²) in [6.07, 6.45) is 0.840. The summed E-state index contributed by atoms with van der Waals surface area (Å²) in [5.41, 5.74) is 0. The fraction of sp³-hybridized carbons (Fsp3) is 0.286. The fourth-order valence-electron chi connectivity index (χ4n) is 2.38. The van der Waals surface area contributed by atoms with Crippen molar-refractivity contribution in [1.82, 2.24) is 10.0 Å². The van der Waals surface area contributed by atoms with Crippen LogP contribution in [-0.4, -0.2) is 27.5 Å². The van der Waals surface area contributed by atoms with Crippen molar-refractivity contribution in [2.24, 2.45) is 0 Å². The Kier molecular flexibility index (Phi) is 3.26. The zero-order valence-electron chi connectivity index (χ0n) is 10.5. The van der Waals surface area contributed by atoms with Crippen molar-refractivity contribution in [2.45, 2.75) is 17.4 Å². The molecule has 0 amide bonds. The molecule has 19 heavy (non-hydrogen) atoms. The third kappa shape index (κ3) is 2.63. The monoisotopic (exact) mass is 276 g/mol. The second-order valence-electron chi connectivity index (χ2n) is 4.82. The molecule has 100 valence electrons. The second kappa shape index (κ2) is 4.92. The third-order valence-electron chi connectivity index (χ3n) is 3.41. The van der Waals surface area contributed by atoms with Crippen LogP contribution in [0.2, 0.25) is 0 Å². The molecule has 0 spiro atoms. The van der Waals surface area contributed by atoms with Gasteiger partial charge in [0, 0.05) is 12.6 Å². The molecule has 2 N–H and O–H groups in total. The van der Waals surface area contributed by atoms with E-state index >= 15 is 0 Å². The summed E-state index contributed by atoms with van der Waals surface area (Å²) >= 11 is 0. The predicted octanol–water partition coefficient (Wildman–Crippen LogP) is 1.48. The normalized spacial score (nSPS) is 19.9. The largest absolute Gasteiger partial charge is 0.315 e. The van der Waals surface area contributed by atoms with Gasteiger partial charge in [0.2, 0.25) is 10.0 Å². The molecule has 1 aliphatic heterocycles. The van der Waals surface area contributed by atoms with Crippen molar-refractivity contribution in [3.05, 3.63) is 42.5 Å². The lowest BCUT2D eigenvalue weighted by atomic mass is 10.1. The quantitative estimate of drug-likeness (QED) is 0.893. The molecule has 4 nitrogen and oxygen atoms in total. The van der Waals surface area contributed by atoms with Gasteiger partial charge in [-0.25, -0.2) is 13.1 Å². The molecule has 2 aromatic carbocycles. The number of nitrogens with one attached hydrogen (secondary N) is 2. The first-order valence-electron chi connectivity index (χ1n) is 6.37. The lowest BCUT2D eigenvalue weighted by Gasteiger charge is -2.12. The maximum absolute atomic E-state index is 12.3. The van der Waals surface area contributed by atoms with E-state index in [-0.39, 0.29) is 6.04 Å². The van der Waals surface area contributed by atoms with Crippen LogP contribution in [0.3, 0.4) is 0 Å². The van der Waals surface area contributed by atoms with Crippen molar-refractivity contribution in [1.29, 1.82) is 0 Å².